The SMILES string of the molecule is CC(C)(COC(N)=O)SCc1ccccc1. The van der Waals surface area contributed by atoms with Crippen molar-refractivity contribution < 1.29 is 9.53 Å². The van der Waals surface area contributed by atoms with Crippen molar-refractivity contribution in [3.63, 3.8) is 0 Å². The lowest BCUT2D eigenvalue weighted by atomic mass is 10.2. The number of carbonyl (C=O) groups is 1. The first kappa shape index (κ1) is 12.9. The summed E-state index contributed by atoms with van der Waals surface area (Å²) in [4.78, 5) is 10.5. The number of hydrogen-bond donors (Lipinski definition) is 1. The molecule has 1 aromatic carbocycles. The molecule has 0 unspecified atom stereocenters. The number of amides is 1. The highest BCUT2D eigenvalue weighted by Crippen LogP contribution is 2.28. The summed E-state index contributed by atoms with van der Waals surface area (Å²) in [6.45, 7) is 4.40. The third-order valence-electron chi connectivity index (χ3n) is 2.03. The molecule has 3 nitrogen and oxygen atoms in total. The van der Waals surface area contributed by atoms with E-state index in [2.05, 4.69) is 12.1 Å². The van der Waals surface area contributed by atoms with Gasteiger partial charge in [-0.2, -0.15) is 0 Å². The van der Waals surface area contributed by atoms with Gasteiger partial charge in [-0.1, -0.05) is 30.3 Å². The third kappa shape index (κ3) is 5.07. The van der Waals surface area contributed by atoms with E-state index in [1.165, 1.54) is 5.56 Å². The van der Waals surface area contributed by atoms with Crippen LogP contribution in [0.4, 0.5) is 4.79 Å². The Bertz CT molecular complexity index is 338. The fourth-order valence-electron chi connectivity index (χ4n) is 1.14. The average molecular weight is 239 g/mol. The Hall–Kier alpha value is -1.16. The van der Waals surface area contributed by atoms with Crippen LogP contribution in [-0.4, -0.2) is 17.4 Å². The highest BCUT2D eigenvalue weighted by Gasteiger charge is 2.20. The highest BCUT2D eigenvalue weighted by molar-refractivity contribution is 7.99. The lowest BCUT2D eigenvalue weighted by molar-refractivity contribution is 0.148. The molecule has 2 N–H and O–H groups in total. The molecule has 4 heteroatoms. The van der Waals surface area contributed by atoms with Crippen LogP contribution >= 0.6 is 11.8 Å². The molecule has 0 aliphatic heterocycles. The predicted octanol–water partition coefficient (Wildman–Crippen LogP) is 2.79. The van der Waals surface area contributed by atoms with E-state index in [9.17, 15) is 4.79 Å². The van der Waals surface area contributed by atoms with Crippen LogP contribution in [-0.2, 0) is 10.5 Å². The van der Waals surface area contributed by atoms with E-state index in [0.717, 1.165) is 5.75 Å². The van der Waals surface area contributed by atoms with Crippen molar-refractivity contribution in [1.82, 2.24) is 0 Å². The van der Waals surface area contributed by atoms with Gasteiger partial charge in [0.05, 0.1) is 0 Å². The molecule has 1 aromatic rings. The van der Waals surface area contributed by atoms with Gasteiger partial charge in [0.2, 0.25) is 0 Å². The molecule has 0 saturated carbocycles. The molecular formula is C12H17NO2S. The molecule has 0 aromatic heterocycles. The van der Waals surface area contributed by atoms with Crippen molar-refractivity contribution in [1.29, 1.82) is 0 Å². The first-order valence-electron chi connectivity index (χ1n) is 5.10. The van der Waals surface area contributed by atoms with Gasteiger partial charge in [-0.25, -0.2) is 4.79 Å². The minimum atomic E-state index is -0.714. The lowest BCUT2D eigenvalue weighted by Crippen LogP contribution is -2.27. The van der Waals surface area contributed by atoms with E-state index in [4.69, 9.17) is 10.5 Å². The second-order valence-corrected chi connectivity index (χ2v) is 5.82. The fraction of sp³-hybridized carbons (Fsp3) is 0.417. The van der Waals surface area contributed by atoms with Gasteiger partial charge in [0, 0.05) is 10.5 Å². The van der Waals surface area contributed by atoms with Crippen molar-refractivity contribution in [3.8, 4) is 0 Å². The Morgan fingerprint density at radius 1 is 1.38 bits per heavy atom. The number of nitrogens with two attached hydrogens (primary N) is 1. The zero-order valence-corrected chi connectivity index (χ0v) is 10.4. The highest BCUT2D eigenvalue weighted by atomic mass is 32.2. The van der Waals surface area contributed by atoms with Crippen molar-refractivity contribution in [2.24, 2.45) is 5.73 Å². The van der Waals surface area contributed by atoms with E-state index in [0.29, 0.717) is 6.61 Å². The Kier molecular flexibility index (Phi) is 4.68. The van der Waals surface area contributed by atoms with Gasteiger partial charge in [0.1, 0.15) is 6.61 Å². The van der Waals surface area contributed by atoms with Gasteiger partial charge in [0.15, 0.2) is 0 Å². The fourth-order valence-corrected chi connectivity index (χ4v) is 2.03. The van der Waals surface area contributed by atoms with Gasteiger partial charge in [0.25, 0.3) is 0 Å². The zero-order valence-electron chi connectivity index (χ0n) is 9.60. The Labute approximate surface area is 100 Å². The molecule has 1 amide bonds. The predicted molar refractivity (Wildman–Crippen MR) is 67.4 cm³/mol. The molecule has 16 heavy (non-hydrogen) atoms. The summed E-state index contributed by atoms with van der Waals surface area (Å²) < 4.78 is 4.69. The lowest BCUT2D eigenvalue weighted by Gasteiger charge is -2.23. The van der Waals surface area contributed by atoms with Crippen molar-refractivity contribution in [2.75, 3.05) is 6.61 Å². The molecule has 0 saturated heterocycles. The van der Waals surface area contributed by atoms with Gasteiger partial charge in [-0.15, -0.1) is 11.8 Å². The van der Waals surface area contributed by atoms with Crippen LogP contribution in [0.2, 0.25) is 0 Å². The van der Waals surface area contributed by atoms with Crippen molar-refractivity contribution in [2.45, 2.75) is 24.3 Å². The molecule has 0 aliphatic carbocycles. The number of primary amides is 1. The summed E-state index contributed by atoms with van der Waals surface area (Å²) in [6, 6.07) is 10.2. The Balaban J connectivity index is 2.38. The van der Waals surface area contributed by atoms with Crippen LogP contribution in [0.5, 0.6) is 0 Å². The summed E-state index contributed by atoms with van der Waals surface area (Å²) in [5.74, 6) is 0.899. The second-order valence-electron chi connectivity index (χ2n) is 4.14. The van der Waals surface area contributed by atoms with E-state index in [1.54, 1.807) is 11.8 Å². The standard InChI is InChI=1S/C12H17NO2S/c1-12(2,9-15-11(13)14)16-8-10-6-4-3-5-7-10/h3-7H,8-9H2,1-2H3,(H2,13,14). The van der Waals surface area contributed by atoms with E-state index in [-0.39, 0.29) is 4.75 Å². The maximum Gasteiger partial charge on any atom is 0.404 e. The largest absolute Gasteiger partial charge is 0.448 e. The zero-order chi connectivity index (χ0) is 12.0. The summed E-state index contributed by atoms with van der Waals surface area (Å²) in [7, 11) is 0. The summed E-state index contributed by atoms with van der Waals surface area (Å²) >= 11 is 1.74. The average Bonchev–Trinajstić information content (AvgIpc) is 2.26. The molecule has 0 atom stereocenters. The van der Waals surface area contributed by atoms with Crippen LogP contribution < -0.4 is 5.73 Å². The molecule has 0 heterocycles. The van der Waals surface area contributed by atoms with Crippen LogP contribution in [0.1, 0.15) is 19.4 Å². The summed E-state index contributed by atoms with van der Waals surface area (Å²) in [5.41, 5.74) is 6.20. The Morgan fingerprint density at radius 3 is 2.56 bits per heavy atom. The number of hydrogen-bond acceptors (Lipinski definition) is 3. The second kappa shape index (κ2) is 5.80. The van der Waals surface area contributed by atoms with Crippen molar-refractivity contribution >= 4 is 17.9 Å². The van der Waals surface area contributed by atoms with Gasteiger partial charge in [-0.05, 0) is 19.4 Å². The Morgan fingerprint density at radius 2 is 2.00 bits per heavy atom. The first-order chi connectivity index (χ1) is 7.49. The summed E-state index contributed by atoms with van der Waals surface area (Å²) in [5, 5.41) is 0. The first-order valence-corrected chi connectivity index (χ1v) is 6.08. The number of rotatable bonds is 5. The van der Waals surface area contributed by atoms with Gasteiger partial charge in [-0.3, -0.25) is 0 Å². The molecule has 0 aliphatic rings. The molecular weight excluding hydrogens is 222 g/mol. The normalized spacial score (nSPS) is 11.1. The summed E-state index contributed by atoms with van der Waals surface area (Å²) in [6.07, 6.45) is -0.714. The van der Waals surface area contributed by atoms with Crippen molar-refractivity contribution in [3.05, 3.63) is 35.9 Å². The van der Waals surface area contributed by atoms with Crippen LogP contribution in [0.25, 0.3) is 0 Å². The number of thioether (sulfide) groups is 1. The minimum absolute atomic E-state index is 0.120. The molecule has 1 rings (SSSR count). The van der Waals surface area contributed by atoms with E-state index < -0.39 is 6.09 Å². The van der Waals surface area contributed by atoms with Crippen LogP contribution in [0, 0.1) is 0 Å². The molecule has 0 bridgehead atoms. The monoisotopic (exact) mass is 239 g/mol. The van der Waals surface area contributed by atoms with Gasteiger partial charge < -0.3 is 10.5 Å². The smallest absolute Gasteiger partial charge is 0.404 e. The maximum absolute atomic E-state index is 10.5. The molecule has 88 valence electrons. The molecule has 0 radical (unpaired) electrons. The number of benzene rings is 1. The molecule has 0 fully saturated rings. The topological polar surface area (TPSA) is 52.3 Å². The van der Waals surface area contributed by atoms with E-state index in [1.807, 2.05) is 32.0 Å². The van der Waals surface area contributed by atoms with E-state index >= 15 is 0 Å². The number of ether oxygens (including phenoxy) is 1. The third-order valence-corrected chi connectivity index (χ3v) is 3.41. The quantitative estimate of drug-likeness (QED) is 0.859. The minimum Gasteiger partial charge on any atom is -0.448 e. The maximum atomic E-state index is 10.5. The van der Waals surface area contributed by atoms with Crippen LogP contribution in [0.3, 0.4) is 0 Å². The molecule has 0 spiro atoms. The van der Waals surface area contributed by atoms with Crippen LogP contribution in [0.15, 0.2) is 30.3 Å². The van der Waals surface area contributed by atoms with Gasteiger partial charge >= 0.3 is 6.09 Å². The number of carbonyl (C=O) groups excluding carboxylic acids is 1.